The maximum absolute atomic E-state index is 3.40. The summed E-state index contributed by atoms with van der Waals surface area (Å²) in [6, 6.07) is 9.19. The van der Waals surface area contributed by atoms with E-state index in [1.165, 1.54) is 50.0 Å². The first-order valence-corrected chi connectivity index (χ1v) is 7.77. The Bertz CT molecular complexity index is 350. The van der Waals surface area contributed by atoms with Crippen LogP contribution >= 0.6 is 0 Å². The summed E-state index contributed by atoms with van der Waals surface area (Å²) in [4.78, 5) is 2.58. The largest absolute Gasteiger partial charge is 0.314 e. The van der Waals surface area contributed by atoms with E-state index in [0.29, 0.717) is 5.92 Å². The molecule has 1 aliphatic heterocycles. The van der Waals surface area contributed by atoms with Gasteiger partial charge in [-0.25, -0.2) is 0 Å². The first-order valence-electron chi connectivity index (χ1n) is 7.77. The number of unbranched alkanes of at least 4 members (excludes halogenated alkanes) is 1. The minimum atomic E-state index is 0.641. The van der Waals surface area contributed by atoms with Crippen LogP contribution in [-0.2, 0) is 6.42 Å². The summed E-state index contributed by atoms with van der Waals surface area (Å²) < 4.78 is 0. The van der Waals surface area contributed by atoms with Gasteiger partial charge in [-0.15, -0.1) is 0 Å². The summed E-state index contributed by atoms with van der Waals surface area (Å²) in [5, 5.41) is 3.40. The third-order valence-corrected chi connectivity index (χ3v) is 4.05. The second-order valence-corrected chi connectivity index (χ2v) is 5.95. The summed E-state index contributed by atoms with van der Waals surface area (Å²) in [6.45, 7) is 10.6. The van der Waals surface area contributed by atoms with Crippen LogP contribution in [0.4, 0.5) is 0 Å². The van der Waals surface area contributed by atoms with E-state index in [4.69, 9.17) is 0 Å². The van der Waals surface area contributed by atoms with Crippen molar-refractivity contribution < 1.29 is 0 Å². The van der Waals surface area contributed by atoms with E-state index < -0.39 is 0 Å². The van der Waals surface area contributed by atoms with Crippen molar-refractivity contribution in [3.05, 3.63) is 35.4 Å². The predicted octanol–water partition coefficient (Wildman–Crippen LogP) is 3.04. The molecule has 0 atom stereocenters. The van der Waals surface area contributed by atoms with Crippen LogP contribution in [0.1, 0.15) is 43.7 Å². The Labute approximate surface area is 118 Å². The highest BCUT2D eigenvalue weighted by Gasteiger charge is 2.08. The molecule has 0 saturated carbocycles. The van der Waals surface area contributed by atoms with E-state index in [-0.39, 0.29) is 0 Å². The van der Waals surface area contributed by atoms with Crippen LogP contribution in [0, 0.1) is 0 Å². The van der Waals surface area contributed by atoms with E-state index in [0.717, 1.165) is 13.1 Å². The van der Waals surface area contributed by atoms with Crippen molar-refractivity contribution in [2.75, 3.05) is 32.7 Å². The standard InChI is InChI=1S/C17H28N2/c1-15(2)17-8-6-16(7-9-17)5-3-4-12-19-13-10-18-11-14-19/h6-9,15,18H,3-5,10-14H2,1-2H3. The number of piperazine rings is 1. The van der Waals surface area contributed by atoms with Gasteiger partial charge in [-0.3, -0.25) is 0 Å². The van der Waals surface area contributed by atoms with Crippen LogP contribution < -0.4 is 5.32 Å². The molecule has 0 unspecified atom stereocenters. The average molecular weight is 260 g/mol. The number of rotatable bonds is 6. The van der Waals surface area contributed by atoms with Gasteiger partial charge in [0.15, 0.2) is 0 Å². The maximum Gasteiger partial charge on any atom is 0.0107 e. The van der Waals surface area contributed by atoms with Crippen molar-refractivity contribution in [2.45, 2.75) is 39.0 Å². The van der Waals surface area contributed by atoms with Crippen molar-refractivity contribution in [3.8, 4) is 0 Å². The molecule has 106 valence electrons. The normalized spacial score (nSPS) is 17.0. The fourth-order valence-electron chi connectivity index (χ4n) is 2.67. The van der Waals surface area contributed by atoms with Crippen molar-refractivity contribution in [2.24, 2.45) is 0 Å². The second-order valence-electron chi connectivity index (χ2n) is 5.95. The molecular formula is C17H28N2. The molecule has 0 spiro atoms. The van der Waals surface area contributed by atoms with Gasteiger partial charge in [0.1, 0.15) is 0 Å². The highest BCUT2D eigenvalue weighted by atomic mass is 15.2. The van der Waals surface area contributed by atoms with Gasteiger partial charge in [0.2, 0.25) is 0 Å². The van der Waals surface area contributed by atoms with Crippen LogP contribution in [0.5, 0.6) is 0 Å². The topological polar surface area (TPSA) is 15.3 Å². The Morgan fingerprint density at radius 1 is 1.05 bits per heavy atom. The smallest absolute Gasteiger partial charge is 0.0107 e. The van der Waals surface area contributed by atoms with Gasteiger partial charge in [0.25, 0.3) is 0 Å². The first kappa shape index (κ1) is 14.5. The number of hydrogen-bond acceptors (Lipinski definition) is 2. The molecule has 0 aromatic heterocycles. The fraction of sp³-hybridized carbons (Fsp3) is 0.647. The molecule has 1 N–H and O–H groups in total. The number of aryl methyl sites for hydroxylation is 1. The minimum Gasteiger partial charge on any atom is -0.314 e. The molecule has 1 heterocycles. The van der Waals surface area contributed by atoms with Crippen LogP contribution in [0.2, 0.25) is 0 Å². The van der Waals surface area contributed by atoms with E-state index in [2.05, 4.69) is 48.3 Å². The van der Waals surface area contributed by atoms with Gasteiger partial charge >= 0.3 is 0 Å². The first-order chi connectivity index (χ1) is 9.25. The molecule has 0 aliphatic carbocycles. The number of benzene rings is 1. The minimum absolute atomic E-state index is 0.641. The summed E-state index contributed by atoms with van der Waals surface area (Å²) in [7, 11) is 0. The quantitative estimate of drug-likeness (QED) is 0.791. The zero-order valence-electron chi connectivity index (χ0n) is 12.5. The molecule has 1 aromatic carbocycles. The lowest BCUT2D eigenvalue weighted by Crippen LogP contribution is -2.43. The van der Waals surface area contributed by atoms with Gasteiger partial charge in [-0.05, 0) is 42.9 Å². The number of nitrogens with one attached hydrogen (secondary N) is 1. The maximum atomic E-state index is 3.40. The lowest BCUT2D eigenvalue weighted by atomic mass is 10.00. The van der Waals surface area contributed by atoms with Gasteiger partial charge in [0, 0.05) is 26.2 Å². The van der Waals surface area contributed by atoms with Crippen molar-refractivity contribution in [1.82, 2.24) is 10.2 Å². The third kappa shape index (κ3) is 4.96. The van der Waals surface area contributed by atoms with Gasteiger partial charge in [-0.2, -0.15) is 0 Å². The SMILES string of the molecule is CC(C)c1ccc(CCCCN2CCNCC2)cc1. The van der Waals surface area contributed by atoms with E-state index in [1.54, 1.807) is 0 Å². The van der Waals surface area contributed by atoms with Crippen LogP contribution in [0.15, 0.2) is 24.3 Å². The zero-order chi connectivity index (χ0) is 13.5. The highest BCUT2D eigenvalue weighted by molar-refractivity contribution is 5.24. The highest BCUT2D eigenvalue weighted by Crippen LogP contribution is 2.15. The summed E-state index contributed by atoms with van der Waals surface area (Å²) >= 11 is 0. The van der Waals surface area contributed by atoms with Gasteiger partial charge in [-0.1, -0.05) is 38.1 Å². The Hall–Kier alpha value is -0.860. The summed E-state index contributed by atoms with van der Waals surface area (Å²) in [5.74, 6) is 0.641. The Morgan fingerprint density at radius 2 is 1.74 bits per heavy atom. The fourth-order valence-corrected chi connectivity index (χ4v) is 2.67. The van der Waals surface area contributed by atoms with Gasteiger partial charge in [0.05, 0.1) is 0 Å². The second kappa shape index (κ2) is 7.66. The Balaban J connectivity index is 1.64. The molecule has 1 saturated heterocycles. The van der Waals surface area contributed by atoms with E-state index in [1.807, 2.05) is 0 Å². The molecule has 2 nitrogen and oxygen atoms in total. The number of nitrogens with zero attached hydrogens (tertiary/aromatic N) is 1. The van der Waals surface area contributed by atoms with Crippen molar-refractivity contribution in [1.29, 1.82) is 0 Å². The van der Waals surface area contributed by atoms with Crippen molar-refractivity contribution in [3.63, 3.8) is 0 Å². The zero-order valence-corrected chi connectivity index (χ0v) is 12.5. The Kier molecular flexibility index (Phi) is 5.87. The molecule has 2 heteroatoms. The van der Waals surface area contributed by atoms with Crippen LogP contribution in [0.25, 0.3) is 0 Å². The molecule has 19 heavy (non-hydrogen) atoms. The lowest BCUT2D eigenvalue weighted by Gasteiger charge is -2.27. The van der Waals surface area contributed by atoms with Crippen LogP contribution in [0.3, 0.4) is 0 Å². The molecule has 0 bridgehead atoms. The van der Waals surface area contributed by atoms with Gasteiger partial charge < -0.3 is 10.2 Å². The molecule has 2 rings (SSSR count). The summed E-state index contributed by atoms with van der Waals surface area (Å²) in [5.41, 5.74) is 2.94. The molecular weight excluding hydrogens is 232 g/mol. The van der Waals surface area contributed by atoms with Crippen LogP contribution in [-0.4, -0.2) is 37.6 Å². The third-order valence-electron chi connectivity index (χ3n) is 4.05. The monoisotopic (exact) mass is 260 g/mol. The van der Waals surface area contributed by atoms with E-state index in [9.17, 15) is 0 Å². The average Bonchev–Trinajstić information content (AvgIpc) is 2.45. The molecule has 1 fully saturated rings. The van der Waals surface area contributed by atoms with E-state index >= 15 is 0 Å². The van der Waals surface area contributed by atoms with Crippen molar-refractivity contribution >= 4 is 0 Å². The molecule has 1 aromatic rings. The summed E-state index contributed by atoms with van der Waals surface area (Å²) in [6.07, 6.45) is 3.86. The molecule has 0 radical (unpaired) electrons. The number of hydrogen-bond donors (Lipinski definition) is 1. The predicted molar refractivity (Wildman–Crippen MR) is 82.8 cm³/mol. The Morgan fingerprint density at radius 3 is 2.37 bits per heavy atom. The molecule has 0 amide bonds. The lowest BCUT2D eigenvalue weighted by molar-refractivity contribution is 0.237. The molecule has 1 aliphatic rings.